The Morgan fingerprint density at radius 3 is 1.86 bits per heavy atom. The first kappa shape index (κ1) is 30.7. The van der Waals surface area contributed by atoms with Gasteiger partial charge < -0.3 is 24.0 Å². The number of hydrogen-bond acceptors (Lipinski definition) is 10. The van der Waals surface area contributed by atoms with Gasteiger partial charge in [0, 0.05) is 59.7 Å². The zero-order chi connectivity index (χ0) is 30.4. The van der Waals surface area contributed by atoms with E-state index >= 15 is 0 Å². The molecule has 1 N–H and O–H groups in total. The van der Waals surface area contributed by atoms with E-state index in [-0.39, 0.29) is 0 Å². The summed E-state index contributed by atoms with van der Waals surface area (Å²) in [6, 6.07) is 7.31. The highest BCUT2D eigenvalue weighted by Gasteiger charge is 2.20. The summed E-state index contributed by atoms with van der Waals surface area (Å²) in [5.74, 6) is 1.68. The summed E-state index contributed by atoms with van der Waals surface area (Å²) in [4.78, 5) is 25.7. The Hall–Kier alpha value is -3.71. The number of morpholine rings is 2. The molecule has 2 saturated heterocycles. The minimum Gasteiger partial charge on any atom is -0.442 e. The summed E-state index contributed by atoms with van der Waals surface area (Å²) in [5.41, 5.74) is 2.54. The van der Waals surface area contributed by atoms with E-state index in [4.69, 9.17) is 37.4 Å². The Bertz CT molecular complexity index is 1510. The maximum atomic E-state index is 12.1. The lowest BCUT2D eigenvalue weighted by Gasteiger charge is -2.28. The first-order chi connectivity index (χ1) is 20.6. The van der Waals surface area contributed by atoms with Gasteiger partial charge in [0.25, 0.3) is 0 Å². The van der Waals surface area contributed by atoms with Crippen molar-refractivity contribution >= 4 is 40.9 Å². The molecule has 12 nitrogen and oxygen atoms in total. The molecule has 0 saturated carbocycles. The Kier molecular flexibility index (Phi) is 9.81. The van der Waals surface area contributed by atoms with E-state index in [2.05, 4.69) is 35.1 Å². The van der Waals surface area contributed by atoms with Crippen molar-refractivity contribution in [2.24, 2.45) is 0 Å². The highest BCUT2D eigenvalue weighted by atomic mass is 35.5. The van der Waals surface area contributed by atoms with E-state index in [1.54, 1.807) is 24.7 Å². The fourth-order valence-electron chi connectivity index (χ4n) is 4.43. The van der Waals surface area contributed by atoms with Crippen LogP contribution in [-0.4, -0.2) is 94.2 Å². The standard InChI is InChI=1S/C17H21ClN4O3.C12H13ClN4O/c1-17(2,3)25-16(23)22-11-12(10-19-22)14-8-13(18)9-15(20-14)21-4-6-24-7-5-21;13-10-5-11(9-7-14-15-8-9)16-12(6-10)17-1-3-18-4-2-17/h8-11H,4-7H2,1-3H3;5-8H,1-4H2,(H,14,15). The number of ether oxygens (including phenoxy) is 3. The van der Waals surface area contributed by atoms with E-state index in [9.17, 15) is 4.79 Å². The minimum atomic E-state index is -0.582. The zero-order valence-electron chi connectivity index (χ0n) is 24.3. The van der Waals surface area contributed by atoms with Gasteiger partial charge in [-0.05, 0) is 45.0 Å². The molecule has 0 spiro atoms. The van der Waals surface area contributed by atoms with Gasteiger partial charge in [-0.1, -0.05) is 23.2 Å². The highest BCUT2D eigenvalue weighted by molar-refractivity contribution is 6.31. The SMILES string of the molecule is CC(C)(C)OC(=O)n1cc(-c2cc(Cl)cc(N3CCOCC3)n2)cn1.Clc1cc(-c2cn[nH]c2)nc(N2CCOCC2)c1. The van der Waals surface area contributed by atoms with Crippen molar-refractivity contribution in [2.75, 3.05) is 62.4 Å². The van der Waals surface area contributed by atoms with Crippen LogP contribution in [0.3, 0.4) is 0 Å². The van der Waals surface area contributed by atoms with Gasteiger partial charge in [0.1, 0.15) is 17.2 Å². The van der Waals surface area contributed by atoms with Crippen molar-refractivity contribution in [1.82, 2.24) is 29.9 Å². The predicted octanol–water partition coefficient (Wildman–Crippen LogP) is 5.18. The van der Waals surface area contributed by atoms with Gasteiger partial charge in [-0.15, -0.1) is 0 Å². The van der Waals surface area contributed by atoms with Crippen LogP contribution in [-0.2, 0) is 14.2 Å². The average Bonchev–Trinajstić information content (AvgIpc) is 3.71. The Morgan fingerprint density at radius 1 is 0.837 bits per heavy atom. The summed E-state index contributed by atoms with van der Waals surface area (Å²) >= 11 is 12.4. The van der Waals surface area contributed by atoms with Crippen LogP contribution in [0.15, 0.2) is 49.1 Å². The molecule has 0 bridgehead atoms. The van der Waals surface area contributed by atoms with E-state index in [0.29, 0.717) is 34.5 Å². The number of halogens is 2. The molecular formula is C29H34Cl2N8O4. The number of anilines is 2. The van der Waals surface area contributed by atoms with Crippen LogP contribution in [0, 0.1) is 0 Å². The van der Waals surface area contributed by atoms with E-state index in [0.717, 1.165) is 67.0 Å². The van der Waals surface area contributed by atoms with Gasteiger partial charge in [-0.2, -0.15) is 14.9 Å². The molecule has 228 valence electrons. The number of aromatic nitrogens is 6. The molecule has 6 heterocycles. The number of H-pyrrole nitrogens is 1. The topological polar surface area (TPSA) is 124 Å². The molecule has 0 atom stereocenters. The van der Waals surface area contributed by atoms with Crippen molar-refractivity contribution in [3.63, 3.8) is 0 Å². The van der Waals surface area contributed by atoms with Crippen LogP contribution < -0.4 is 9.80 Å². The lowest BCUT2D eigenvalue weighted by atomic mass is 10.2. The number of carbonyl (C=O) groups is 1. The molecule has 2 fully saturated rings. The smallest absolute Gasteiger partial charge is 0.435 e. The molecule has 0 unspecified atom stereocenters. The van der Waals surface area contributed by atoms with E-state index < -0.39 is 11.7 Å². The Balaban J connectivity index is 0.000000180. The van der Waals surface area contributed by atoms with E-state index in [1.807, 2.05) is 45.2 Å². The van der Waals surface area contributed by atoms with Gasteiger partial charge >= 0.3 is 6.09 Å². The second kappa shape index (κ2) is 13.7. The van der Waals surface area contributed by atoms with Crippen molar-refractivity contribution in [3.8, 4) is 22.5 Å². The number of hydrogen-bond donors (Lipinski definition) is 1. The number of aromatic amines is 1. The van der Waals surface area contributed by atoms with Crippen molar-refractivity contribution in [1.29, 1.82) is 0 Å². The summed E-state index contributed by atoms with van der Waals surface area (Å²) < 4.78 is 17.2. The molecule has 6 rings (SSSR count). The maximum Gasteiger partial charge on any atom is 0.435 e. The van der Waals surface area contributed by atoms with Gasteiger partial charge in [0.2, 0.25) is 0 Å². The lowest BCUT2D eigenvalue weighted by molar-refractivity contribution is 0.0514. The number of pyridine rings is 2. The fourth-order valence-corrected chi connectivity index (χ4v) is 4.83. The second-order valence-corrected chi connectivity index (χ2v) is 11.8. The molecule has 4 aromatic heterocycles. The van der Waals surface area contributed by atoms with Gasteiger partial charge in [0.05, 0.1) is 50.2 Å². The Morgan fingerprint density at radius 2 is 1.37 bits per heavy atom. The van der Waals surface area contributed by atoms with Gasteiger partial charge in [-0.3, -0.25) is 5.10 Å². The number of nitrogens with zero attached hydrogens (tertiary/aromatic N) is 7. The number of rotatable bonds is 4. The Labute approximate surface area is 259 Å². The van der Waals surface area contributed by atoms with Crippen LogP contribution in [0.4, 0.5) is 16.4 Å². The van der Waals surface area contributed by atoms with Gasteiger partial charge in [0.15, 0.2) is 0 Å². The summed E-state index contributed by atoms with van der Waals surface area (Å²) in [5, 5.41) is 12.0. The molecule has 14 heteroatoms. The molecular weight excluding hydrogens is 595 g/mol. The van der Waals surface area contributed by atoms with Crippen molar-refractivity contribution < 1.29 is 19.0 Å². The largest absolute Gasteiger partial charge is 0.442 e. The quantitative estimate of drug-likeness (QED) is 0.323. The first-order valence-electron chi connectivity index (χ1n) is 13.9. The number of carbonyl (C=O) groups excluding carboxylic acids is 1. The molecule has 0 radical (unpaired) electrons. The summed E-state index contributed by atoms with van der Waals surface area (Å²) in [7, 11) is 0. The van der Waals surface area contributed by atoms with Crippen LogP contribution in [0.5, 0.6) is 0 Å². The third kappa shape index (κ3) is 8.44. The molecule has 43 heavy (non-hydrogen) atoms. The van der Waals surface area contributed by atoms with Crippen LogP contribution >= 0.6 is 23.2 Å². The average molecular weight is 630 g/mol. The third-order valence-electron chi connectivity index (χ3n) is 6.48. The predicted molar refractivity (Wildman–Crippen MR) is 165 cm³/mol. The van der Waals surface area contributed by atoms with Crippen LogP contribution in [0.25, 0.3) is 22.5 Å². The zero-order valence-corrected chi connectivity index (χ0v) is 25.8. The van der Waals surface area contributed by atoms with Crippen LogP contribution in [0.1, 0.15) is 20.8 Å². The van der Waals surface area contributed by atoms with E-state index in [1.165, 1.54) is 0 Å². The first-order valence-corrected chi connectivity index (χ1v) is 14.7. The van der Waals surface area contributed by atoms with Crippen molar-refractivity contribution in [2.45, 2.75) is 26.4 Å². The number of nitrogens with one attached hydrogen (secondary N) is 1. The minimum absolute atomic E-state index is 0.533. The molecule has 2 aliphatic heterocycles. The normalized spacial score (nSPS) is 15.6. The molecule has 0 amide bonds. The van der Waals surface area contributed by atoms with Gasteiger partial charge in [-0.25, -0.2) is 14.8 Å². The maximum absolute atomic E-state index is 12.1. The summed E-state index contributed by atoms with van der Waals surface area (Å²) in [6.07, 6.45) is 6.18. The monoisotopic (exact) mass is 628 g/mol. The molecule has 2 aliphatic rings. The molecule has 4 aromatic rings. The third-order valence-corrected chi connectivity index (χ3v) is 6.91. The molecule has 0 aliphatic carbocycles. The fraction of sp³-hybridized carbons (Fsp3) is 0.414. The van der Waals surface area contributed by atoms with Crippen LogP contribution in [0.2, 0.25) is 10.0 Å². The second-order valence-electron chi connectivity index (χ2n) is 10.9. The summed E-state index contributed by atoms with van der Waals surface area (Å²) in [6.45, 7) is 11.4. The van der Waals surface area contributed by atoms with Crippen molar-refractivity contribution in [3.05, 3.63) is 59.1 Å². The lowest BCUT2D eigenvalue weighted by Crippen LogP contribution is -2.36. The highest BCUT2D eigenvalue weighted by Crippen LogP contribution is 2.27. The molecule has 0 aromatic carbocycles.